The van der Waals surface area contributed by atoms with E-state index in [1.807, 2.05) is 7.05 Å². The van der Waals surface area contributed by atoms with Crippen molar-refractivity contribution in [1.82, 2.24) is 20.2 Å². The van der Waals surface area contributed by atoms with Crippen molar-refractivity contribution in [2.45, 2.75) is 0 Å². The van der Waals surface area contributed by atoms with E-state index in [1.165, 1.54) is 4.90 Å². The van der Waals surface area contributed by atoms with Crippen molar-refractivity contribution in [2.24, 2.45) is 0 Å². The molecule has 2 N–H and O–H groups in total. The van der Waals surface area contributed by atoms with Crippen LogP contribution in [0.3, 0.4) is 0 Å². The zero-order chi connectivity index (χ0) is 23.1. The standard InChI is InChI=1S/C21H22Cl2N4O3S2/c1-24-7-9-31-32-10-8-27(2)21(29)30-18-6-4-14(23)12-16(18)19-25-17-5-3-13(22)11-15(17)20(28)26-19/h3-6,11-12,24H,7-10H2,1-2H3,(H,25,26,28). The first-order valence-corrected chi connectivity index (χ1v) is 12.9. The predicted molar refractivity (Wildman–Crippen MR) is 135 cm³/mol. The minimum absolute atomic E-state index is 0.245. The summed E-state index contributed by atoms with van der Waals surface area (Å²) in [6.07, 6.45) is -0.510. The number of amides is 1. The molecule has 0 aliphatic heterocycles. The Balaban J connectivity index is 1.77. The number of H-pyrrole nitrogens is 1. The molecule has 2 aromatic carbocycles. The average Bonchev–Trinajstić information content (AvgIpc) is 2.77. The van der Waals surface area contributed by atoms with Gasteiger partial charge in [0.25, 0.3) is 5.56 Å². The fraction of sp³-hybridized carbons (Fsp3) is 0.286. The summed E-state index contributed by atoms with van der Waals surface area (Å²) in [6.45, 7) is 1.47. The van der Waals surface area contributed by atoms with Gasteiger partial charge in [-0.2, -0.15) is 0 Å². The van der Waals surface area contributed by atoms with Gasteiger partial charge in [0.15, 0.2) is 0 Å². The molecule has 32 heavy (non-hydrogen) atoms. The minimum Gasteiger partial charge on any atom is -0.409 e. The van der Waals surface area contributed by atoms with Crippen molar-refractivity contribution in [2.75, 3.05) is 38.7 Å². The number of hydrogen-bond acceptors (Lipinski definition) is 7. The largest absolute Gasteiger partial charge is 0.415 e. The van der Waals surface area contributed by atoms with Crippen LogP contribution < -0.4 is 15.6 Å². The van der Waals surface area contributed by atoms with E-state index in [9.17, 15) is 9.59 Å². The van der Waals surface area contributed by atoms with Crippen LogP contribution in [0.2, 0.25) is 10.0 Å². The molecule has 0 unspecified atom stereocenters. The van der Waals surface area contributed by atoms with Crippen LogP contribution in [0.4, 0.5) is 4.79 Å². The van der Waals surface area contributed by atoms with E-state index in [-0.39, 0.29) is 17.1 Å². The van der Waals surface area contributed by atoms with Crippen molar-refractivity contribution < 1.29 is 9.53 Å². The highest BCUT2D eigenvalue weighted by atomic mass is 35.5. The van der Waals surface area contributed by atoms with Crippen LogP contribution in [0.15, 0.2) is 41.2 Å². The Kier molecular flexibility index (Phi) is 9.12. The Morgan fingerprint density at radius 2 is 1.88 bits per heavy atom. The van der Waals surface area contributed by atoms with Crippen LogP contribution in [-0.4, -0.2) is 59.7 Å². The van der Waals surface area contributed by atoms with E-state index in [1.54, 1.807) is 65.0 Å². The lowest BCUT2D eigenvalue weighted by molar-refractivity contribution is 0.166. The quantitative estimate of drug-likeness (QED) is 0.310. The van der Waals surface area contributed by atoms with Crippen LogP contribution in [0.5, 0.6) is 5.75 Å². The SMILES string of the molecule is CNCCSSCCN(C)C(=O)Oc1ccc(Cl)cc1-c1nc2ccc(Cl)cc2c(=O)[nH]1. The van der Waals surface area contributed by atoms with Crippen molar-refractivity contribution in [3.05, 3.63) is 56.8 Å². The highest BCUT2D eigenvalue weighted by molar-refractivity contribution is 8.76. The number of aromatic amines is 1. The Bertz CT molecular complexity index is 1160. The molecule has 0 spiro atoms. The second kappa shape index (κ2) is 11.8. The monoisotopic (exact) mass is 512 g/mol. The van der Waals surface area contributed by atoms with Crippen molar-refractivity contribution in [1.29, 1.82) is 0 Å². The molecule has 3 aromatic rings. The van der Waals surface area contributed by atoms with Crippen LogP contribution in [-0.2, 0) is 0 Å². The maximum absolute atomic E-state index is 12.6. The molecular weight excluding hydrogens is 491 g/mol. The Hall–Kier alpha value is -1.91. The lowest BCUT2D eigenvalue weighted by Gasteiger charge is -2.18. The van der Waals surface area contributed by atoms with Crippen molar-refractivity contribution >= 4 is 61.8 Å². The molecule has 170 valence electrons. The number of rotatable bonds is 9. The maximum atomic E-state index is 12.6. The lowest BCUT2D eigenvalue weighted by Crippen LogP contribution is -2.31. The van der Waals surface area contributed by atoms with Crippen LogP contribution in [0.1, 0.15) is 0 Å². The molecule has 0 atom stereocenters. The predicted octanol–water partition coefficient (Wildman–Crippen LogP) is 4.93. The van der Waals surface area contributed by atoms with Gasteiger partial charge in [-0.1, -0.05) is 44.8 Å². The van der Waals surface area contributed by atoms with Gasteiger partial charge >= 0.3 is 6.09 Å². The minimum atomic E-state index is -0.510. The second-order valence-corrected chi connectivity index (χ2v) is 10.3. The van der Waals surface area contributed by atoms with E-state index in [0.29, 0.717) is 33.1 Å². The number of halogens is 2. The topological polar surface area (TPSA) is 87.3 Å². The number of nitrogens with one attached hydrogen (secondary N) is 2. The molecule has 1 amide bonds. The number of aromatic nitrogens is 2. The van der Waals surface area contributed by atoms with Crippen LogP contribution >= 0.6 is 44.8 Å². The van der Waals surface area contributed by atoms with Crippen molar-refractivity contribution in [3.63, 3.8) is 0 Å². The summed E-state index contributed by atoms with van der Waals surface area (Å²) in [5.74, 6) is 2.26. The molecule has 0 bridgehead atoms. The highest BCUT2D eigenvalue weighted by Crippen LogP contribution is 2.31. The fourth-order valence-electron chi connectivity index (χ4n) is 2.71. The molecule has 0 saturated heterocycles. The highest BCUT2D eigenvalue weighted by Gasteiger charge is 2.17. The van der Waals surface area contributed by atoms with Crippen molar-refractivity contribution in [3.8, 4) is 17.1 Å². The third kappa shape index (κ3) is 6.55. The summed E-state index contributed by atoms with van der Waals surface area (Å²) in [5, 5.41) is 4.32. The van der Waals surface area contributed by atoms with Gasteiger partial charge in [-0.05, 0) is 43.4 Å². The summed E-state index contributed by atoms with van der Waals surface area (Å²) in [4.78, 5) is 33.9. The van der Waals surface area contributed by atoms with E-state index in [2.05, 4.69) is 15.3 Å². The Labute approximate surface area is 203 Å². The Morgan fingerprint density at radius 3 is 2.66 bits per heavy atom. The number of nitrogens with zero attached hydrogens (tertiary/aromatic N) is 2. The van der Waals surface area contributed by atoms with Gasteiger partial charge in [0.05, 0.1) is 16.5 Å². The lowest BCUT2D eigenvalue weighted by atomic mass is 10.1. The number of hydrogen-bond donors (Lipinski definition) is 2. The summed E-state index contributed by atoms with van der Waals surface area (Å²) >= 11 is 12.1. The molecular formula is C21H22Cl2N4O3S2. The third-order valence-corrected chi connectivity index (χ3v) is 7.26. The maximum Gasteiger partial charge on any atom is 0.415 e. The molecule has 0 fully saturated rings. The van der Waals surface area contributed by atoms with Gasteiger partial charge in [0.2, 0.25) is 0 Å². The average molecular weight is 513 g/mol. The second-order valence-electron chi connectivity index (χ2n) is 6.75. The zero-order valence-corrected chi connectivity index (χ0v) is 20.6. The fourth-order valence-corrected chi connectivity index (χ4v) is 5.11. The number of ether oxygens (including phenoxy) is 1. The van der Waals surface area contributed by atoms with E-state index in [0.717, 1.165) is 18.1 Å². The first-order valence-electron chi connectivity index (χ1n) is 9.70. The number of benzene rings is 2. The zero-order valence-electron chi connectivity index (χ0n) is 17.5. The summed E-state index contributed by atoms with van der Waals surface area (Å²) in [5.41, 5.74) is 0.523. The van der Waals surface area contributed by atoms with Gasteiger partial charge < -0.3 is 19.9 Å². The van der Waals surface area contributed by atoms with Gasteiger partial charge in [0.1, 0.15) is 11.6 Å². The first-order chi connectivity index (χ1) is 15.4. The molecule has 0 aliphatic carbocycles. The van der Waals surface area contributed by atoms with E-state index in [4.69, 9.17) is 27.9 Å². The normalized spacial score (nSPS) is 11.0. The van der Waals surface area contributed by atoms with E-state index < -0.39 is 6.09 Å². The molecule has 1 aromatic heterocycles. The molecule has 0 aliphatic rings. The van der Waals surface area contributed by atoms with Gasteiger partial charge in [-0.25, -0.2) is 9.78 Å². The number of carbonyl (C=O) groups is 1. The number of fused-ring (bicyclic) bond motifs is 1. The molecule has 1 heterocycles. The first kappa shape index (κ1) is 24.7. The number of carbonyl (C=O) groups excluding carboxylic acids is 1. The van der Waals surface area contributed by atoms with Gasteiger partial charge in [-0.3, -0.25) is 4.79 Å². The van der Waals surface area contributed by atoms with Gasteiger partial charge in [-0.15, -0.1) is 0 Å². The smallest absolute Gasteiger partial charge is 0.409 e. The summed E-state index contributed by atoms with van der Waals surface area (Å²) in [7, 11) is 7.04. The molecule has 3 rings (SSSR count). The van der Waals surface area contributed by atoms with Crippen LogP contribution in [0, 0.1) is 0 Å². The van der Waals surface area contributed by atoms with Crippen LogP contribution in [0.25, 0.3) is 22.3 Å². The molecule has 0 radical (unpaired) electrons. The summed E-state index contributed by atoms with van der Waals surface area (Å²) < 4.78 is 5.60. The summed E-state index contributed by atoms with van der Waals surface area (Å²) in [6, 6.07) is 9.66. The molecule has 7 nitrogen and oxygen atoms in total. The Morgan fingerprint density at radius 1 is 1.16 bits per heavy atom. The third-order valence-electron chi connectivity index (χ3n) is 4.40. The van der Waals surface area contributed by atoms with E-state index >= 15 is 0 Å². The molecule has 11 heteroatoms. The van der Waals surface area contributed by atoms with Gasteiger partial charge in [0, 0.05) is 41.7 Å². The molecule has 0 saturated carbocycles.